The molecule has 2 saturated heterocycles. The van der Waals surface area contributed by atoms with E-state index in [0.29, 0.717) is 50.7 Å². The second-order valence-corrected chi connectivity index (χ2v) is 9.58. The maximum atomic E-state index is 13.2. The molecule has 5 rings (SSSR count). The fourth-order valence-electron chi connectivity index (χ4n) is 5.24. The van der Waals surface area contributed by atoms with Crippen LogP contribution in [-0.4, -0.2) is 70.5 Å². The van der Waals surface area contributed by atoms with Gasteiger partial charge in [-0.15, -0.1) is 0 Å². The number of benzene rings is 1. The molecule has 0 saturated carbocycles. The first-order chi connectivity index (χ1) is 16.7. The Balaban J connectivity index is 1.20. The zero-order chi connectivity index (χ0) is 24.7. The molecular formula is C24H24ClF4N5O. The summed E-state index contributed by atoms with van der Waals surface area (Å²) in [6.07, 6.45) is 2.04. The van der Waals surface area contributed by atoms with E-state index in [-0.39, 0.29) is 23.0 Å². The molecule has 2 bridgehead atoms. The van der Waals surface area contributed by atoms with E-state index < -0.39 is 17.6 Å². The molecule has 0 spiro atoms. The van der Waals surface area contributed by atoms with E-state index >= 15 is 0 Å². The van der Waals surface area contributed by atoms with Gasteiger partial charge < -0.3 is 9.80 Å². The van der Waals surface area contributed by atoms with Gasteiger partial charge in [0.1, 0.15) is 0 Å². The third-order valence-corrected chi connectivity index (χ3v) is 7.37. The summed E-state index contributed by atoms with van der Waals surface area (Å²) in [6.45, 7) is 2.47. The van der Waals surface area contributed by atoms with Gasteiger partial charge in [-0.25, -0.2) is 14.4 Å². The number of hydrogen-bond acceptors (Lipinski definition) is 5. The molecule has 2 fully saturated rings. The molecule has 2 atom stereocenters. The molecule has 0 N–H and O–H groups in total. The highest BCUT2D eigenvalue weighted by Crippen LogP contribution is 2.37. The van der Waals surface area contributed by atoms with Gasteiger partial charge in [0.25, 0.3) is 0 Å². The van der Waals surface area contributed by atoms with Gasteiger partial charge in [-0.3, -0.25) is 9.69 Å². The lowest BCUT2D eigenvalue weighted by atomic mass is 9.97. The number of carbonyl (C=O) groups is 1. The van der Waals surface area contributed by atoms with Gasteiger partial charge in [-0.1, -0.05) is 23.7 Å². The highest BCUT2D eigenvalue weighted by atomic mass is 35.5. The summed E-state index contributed by atoms with van der Waals surface area (Å²) in [5, 5.41) is -0.324. The van der Waals surface area contributed by atoms with E-state index in [1.54, 1.807) is 11.0 Å². The lowest BCUT2D eigenvalue weighted by Gasteiger charge is -2.41. The topological polar surface area (TPSA) is 52.6 Å². The SMILES string of the molecule is O=C(CN1C2CCC1CN(c1ncc(F)cn1)C2)N1CC=C(c2ccc(Cl)c(C(F)(F)F)c2)CC1. The molecule has 0 aliphatic carbocycles. The number of hydrogen-bond donors (Lipinski definition) is 0. The Morgan fingerprint density at radius 2 is 1.80 bits per heavy atom. The van der Waals surface area contributed by atoms with Crippen molar-refractivity contribution in [2.75, 3.05) is 37.6 Å². The van der Waals surface area contributed by atoms with Crippen LogP contribution in [0.4, 0.5) is 23.5 Å². The predicted octanol–water partition coefficient (Wildman–Crippen LogP) is 4.26. The van der Waals surface area contributed by atoms with E-state index in [1.807, 2.05) is 11.0 Å². The van der Waals surface area contributed by atoms with Crippen molar-refractivity contribution in [3.8, 4) is 0 Å². The summed E-state index contributed by atoms with van der Waals surface area (Å²) in [6, 6.07) is 4.32. The van der Waals surface area contributed by atoms with Crippen molar-refractivity contribution in [1.82, 2.24) is 19.8 Å². The molecular weight excluding hydrogens is 486 g/mol. The summed E-state index contributed by atoms with van der Waals surface area (Å²) in [4.78, 5) is 27.2. The minimum Gasteiger partial charge on any atom is -0.338 e. The van der Waals surface area contributed by atoms with Gasteiger partial charge in [0.05, 0.1) is 29.5 Å². The van der Waals surface area contributed by atoms with E-state index in [9.17, 15) is 22.4 Å². The summed E-state index contributed by atoms with van der Waals surface area (Å²) < 4.78 is 52.8. The highest BCUT2D eigenvalue weighted by molar-refractivity contribution is 6.31. The molecule has 1 aromatic heterocycles. The third kappa shape index (κ3) is 4.99. The van der Waals surface area contributed by atoms with Gasteiger partial charge in [0.15, 0.2) is 5.82 Å². The molecule has 4 heterocycles. The second-order valence-electron chi connectivity index (χ2n) is 9.18. The van der Waals surface area contributed by atoms with Crippen LogP contribution in [0.3, 0.4) is 0 Å². The van der Waals surface area contributed by atoms with Crippen LogP contribution in [0.2, 0.25) is 5.02 Å². The largest absolute Gasteiger partial charge is 0.417 e. The van der Waals surface area contributed by atoms with Crippen molar-refractivity contribution < 1.29 is 22.4 Å². The number of anilines is 1. The molecule has 2 aromatic rings. The average molecular weight is 510 g/mol. The fraction of sp³-hybridized carbons (Fsp3) is 0.458. The van der Waals surface area contributed by atoms with Crippen LogP contribution in [0.15, 0.2) is 36.7 Å². The summed E-state index contributed by atoms with van der Waals surface area (Å²) >= 11 is 5.73. The number of aromatic nitrogens is 2. The van der Waals surface area contributed by atoms with E-state index in [0.717, 1.165) is 36.9 Å². The molecule has 0 radical (unpaired) electrons. The van der Waals surface area contributed by atoms with Gasteiger partial charge in [0, 0.05) is 38.3 Å². The van der Waals surface area contributed by atoms with Gasteiger partial charge >= 0.3 is 6.18 Å². The quantitative estimate of drug-likeness (QED) is 0.577. The van der Waals surface area contributed by atoms with Crippen LogP contribution in [0.5, 0.6) is 0 Å². The van der Waals surface area contributed by atoms with Crippen LogP contribution in [0.25, 0.3) is 5.57 Å². The number of piperazine rings is 1. The minimum atomic E-state index is -4.52. The number of amides is 1. The molecule has 2 unspecified atom stereocenters. The Morgan fingerprint density at radius 3 is 2.40 bits per heavy atom. The second kappa shape index (κ2) is 9.39. The van der Waals surface area contributed by atoms with Crippen molar-refractivity contribution in [2.45, 2.75) is 37.5 Å². The number of nitrogens with zero attached hydrogens (tertiary/aromatic N) is 5. The number of rotatable bonds is 4. The predicted molar refractivity (Wildman–Crippen MR) is 123 cm³/mol. The summed E-state index contributed by atoms with van der Waals surface area (Å²) in [5.41, 5.74) is 0.409. The fourth-order valence-corrected chi connectivity index (χ4v) is 5.46. The van der Waals surface area contributed by atoms with E-state index in [4.69, 9.17) is 11.6 Å². The third-order valence-electron chi connectivity index (χ3n) is 7.05. The first kappa shape index (κ1) is 24.0. The van der Waals surface area contributed by atoms with Crippen LogP contribution in [0, 0.1) is 5.82 Å². The Hall–Kier alpha value is -2.72. The first-order valence-corrected chi connectivity index (χ1v) is 11.9. The normalized spacial score (nSPS) is 22.9. The van der Waals surface area contributed by atoms with Crippen LogP contribution in [-0.2, 0) is 11.0 Å². The maximum absolute atomic E-state index is 13.2. The molecule has 6 nitrogen and oxygen atoms in total. The number of halogens is 5. The van der Waals surface area contributed by atoms with Crippen molar-refractivity contribution in [3.05, 3.63) is 58.6 Å². The van der Waals surface area contributed by atoms with Gasteiger partial charge in [-0.05, 0) is 42.5 Å². The Labute approximate surface area is 205 Å². The Morgan fingerprint density at radius 1 is 1.11 bits per heavy atom. The number of carbonyl (C=O) groups excluding carboxylic acids is 1. The Bertz CT molecular complexity index is 1130. The molecule has 35 heavy (non-hydrogen) atoms. The monoisotopic (exact) mass is 509 g/mol. The molecule has 1 aromatic carbocycles. The Kier molecular flexibility index (Phi) is 6.43. The molecule has 1 amide bonds. The standard InChI is InChI=1S/C24H24ClF4N5O/c25-21-4-1-16(9-20(21)24(27,28)29)15-5-7-32(8-6-15)22(35)14-34-18-2-3-19(34)13-33(12-18)23-30-10-17(26)11-31-23/h1,4-5,9-11,18-19H,2-3,6-8,12-14H2. The van der Waals surface area contributed by atoms with Crippen molar-refractivity contribution >= 4 is 29.0 Å². The minimum absolute atomic E-state index is 0.00997. The smallest absolute Gasteiger partial charge is 0.338 e. The average Bonchev–Trinajstić information content (AvgIpc) is 3.05. The number of fused-ring (bicyclic) bond motifs is 2. The van der Waals surface area contributed by atoms with Gasteiger partial charge in [-0.2, -0.15) is 13.2 Å². The van der Waals surface area contributed by atoms with Crippen LogP contribution < -0.4 is 4.90 Å². The highest BCUT2D eigenvalue weighted by Gasteiger charge is 2.42. The van der Waals surface area contributed by atoms with E-state index in [1.165, 1.54) is 6.07 Å². The molecule has 3 aliphatic rings. The zero-order valence-electron chi connectivity index (χ0n) is 18.8. The van der Waals surface area contributed by atoms with Crippen molar-refractivity contribution in [2.24, 2.45) is 0 Å². The summed E-state index contributed by atoms with van der Waals surface area (Å²) in [7, 11) is 0. The molecule has 3 aliphatic heterocycles. The molecule has 11 heteroatoms. The number of alkyl halides is 3. The first-order valence-electron chi connectivity index (χ1n) is 11.5. The maximum Gasteiger partial charge on any atom is 0.417 e. The van der Waals surface area contributed by atoms with Crippen molar-refractivity contribution in [1.29, 1.82) is 0 Å². The van der Waals surface area contributed by atoms with E-state index in [2.05, 4.69) is 14.9 Å². The zero-order valence-corrected chi connectivity index (χ0v) is 19.6. The lowest BCUT2D eigenvalue weighted by molar-refractivity contribution is -0.137. The van der Waals surface area contributed by atoms with Gasteiger partial charge in [0.2, 0.25) is 11.9 Å². The molecule has 186 valence electrons. The van der Waals surface area contributed by atoms with Crippen LogP contribution >= 0.6 is 11.6 Å². The van der Waals surface area contributed by atoms with Crippen molar-refractivity contribution in [3.63, 3.8) is 0 Å². The summed E-state index contributed by atoms with van der Waals surface area (Å²) in [5.74, 6) is 0.0335. The van der Waals surface area contributed by atoms with Crippen LogP contribution in [0.1, 0.15) is 30.4 Å². The lowest BCUT2D eigenvalue weighted by Crippen LogP contribution is -2.57.